The predicted octanol–water partition coefficient (Wildman–Crippen LogP) is 3.22. The van der Waals surface area contributed by atoms with Gasteiger partial charge in [0.25, 0.3) is 0 Å². The summed E-state index contributed by atoms with van der Waals surface area (Å²) in [5.41, 5.74) is 0.157. The second-order valence-corrected chi connectivity index (χ2v) is 8.60. The van der Waals surface area contributed by atoms with Crippen LogP contribution in [0.3, 0.4) is 0 Å². The summed E-state index contributed by atoms with van der Waals surface area (Å²) in [6.45, 7) is 6.26. The lowest BCUT2D eigenvalue weighted by atomic mass is 9.57. The molecule has 3 rings (SSSR count). The van der Waals surface area contributed by atoms with Gasteiger partial charge in [0.05, 0.1) is 17.0 Å². The molecule has 1 saturated heterocycles. The van der Waals surface area contributed by atoms with Gasteiger partial charge in [-0.25, -0.2) is 0 Å². The van der Waals surface area contributed by atoms with Gasteiger partial charge in [0.15, 0.2) is 5.96 Å². The highest BCUT2D eigenvalue weighted by Crippen LogP contribution is 2.52. The zero-order valence-corrected chi connectivity index (χ0v) is 15.2. The van der Waals surface area contributed by atoms with Gasteiger partial charge in [0.1, 0.15) is 0 Å². The molecular formula is C16H24ClN3OS. The Bertz CT molecular complexity index is 571. The van der Waals surface area contributed by atoms with Crippen LogP contribution in [0.1, 0.15) is 25.1 Å². The Kier molecular flexibility index (Phi) is 4.40. The van der Waals surface area contributed by atoms with Crippen molar-refractivity contribution in [3.05, 3.63) is 21.3 Å². The summed E-state index contributed by atoms with van der Waals surface area (Å²) in [5.74, 6) is 1.55. The maximum atomic E-state index is 6.01. The van der Waals surface area contributed by atoms with Gasteiger partial charge in [0, 0.05) is 43.0 Å². The van der Waals surface area contributed by atoms with Crippen LogP contribution in [0.25, 0.3) is 0 Å². The second kappa shape index (κ2) is 6.02. The van der Waals surface area contributed by atoms with Gasteiger partial charge < -0.3 is 15.0 Å². The predicted molar refractivity (Wildman–Crippen MR) is 92.7 cm³/mol. The highest BCUT2D eigenvalue weighted by Gasteiger charge is 2.59. The van der Waals surface area contributed by atoms with Crippen molar-refractivity contribution in [3.8, 4) is 0 Å². The molecule has 6 heteroatoms. The van der Waals surface area contributed by atoms with Crippen molar-refractivity contribution in [3.63, 3.8) is 0 Å². The average Bonchev–Trinajstić information content (AvgIpc) is 3.07. The van der Waals surface area contributed by atoms with Crippen LogP contribution in [0, 0.1) is 11.3 Å². The standard InChI is InChI=1S/C16H24ClN3OS/c1-16(2)13(11-7-8-21-14(11)16)19-15(18-3)20(4)9-10-5-6-12(17)22-10/h5-6,11,13-14H,7-9H2,1-4H3,(H,18,19). The number of hydrogen-bond donors (Lipinski definition) is 1. The van der Waals surface area contributed by atoms with Crippen LogP contribution in [-0.2, 0) is 11.3 Å². The van der Waals surface area contributed by atoms with Gasteiger partial charge in [-0.3, -0.25) is 4.99 Å². The van der Waals surface area contributed by atoms with E-state index in [1.54, 1.807) is 11.3 Å². The Morgan fingerprint density at radius 1 is 1.55 bits per heavy atom. The summed E-state index contributed by atoms with van der Waals surface area (Å²) < 4.78 is 6.70. The molecule has 3 atom stereocenters. The maximum absolute atomic E-state index is 6.01. The molecule has 2 fully saturated rings. The second-order valence-electron chi connectivity index (χ2n) is 6.80. The zero-order chi connectivity index (χ0) is 15.9. The number of hydrogen-bond acceptors (Lipinski definition) is 3. The third kappa shape index (κ3) is 2.74. The normalized spacial score (nSPS) is 29.9. The monoisotopic (exact) mass is 341 g/mol. The molecule has 0 amide bonds. The molecule has 0 spiro atoms. The molecule has 1 aromatic rings. The Balaban J connectivity index is 1.65. The number of nitrogens with zero attached hydrogens (tertiary/aromatic N) is 2. The number of halogens is 1. The van der Waals surface area contributed by atoms with Gasteiger partial charge in [0.2, 0.25) is 0 Å². The summed E-state index contributed by atoms with van der Waals surface area (Å²) in [6.07, 6.45) is 1.54. The minimum Gasteiger partial charge on any atom is -0.377 e. The topological polar surface area (TPSA) is 36.9 Å². The van der Waals surface area contributed by atoms with E-state index in [1.165, 1.54) is 4.88 Å². The van der Waals surface area contributed by atoms with Crippen molar-refractivity contribution in [2.45, 2.75) is 39.0 Å². The quantitative estimate of drug-likeness (QED) is 0.677. The minimum atomic E-state index is 0.157. The fraction of sp³-hybridized carbons (Fsp3) is 0.688. The third-order valence-electron chi connectivity index (χ3n) is 4.98. The summed E-state index contributed by atoms with van der Waals surface area (Å²) >= 11 is 7.63. The number of ether oxygens (including phenoxy) is 1. The number of thiophene rings is 1. The molecule has 1 saturated carbocycles. The van der Waals surface area contributed by atoms with Crippen molar-refractivity contribution in [1.82, 2.24) is 10.2 Å². The minimum absolute atomic E-state index is 0.157. The molecule has 0 bridgehead atoms. The molecule has 1 aliphatic carbocycles. The smallest absolute Gasteiger partial charge is 0.193 e. The van der Waals surface area contributed by atoms with E-state index in [0.29, 0.717) is 18.1 Å². The molecule has 4 nitrogen and oxygen atoms in total. The first kappa shape index (κ1) is 16.1. The van der Waals surface area contributed by atoms with Crippen LogP contribution in [-0.4, -0.2) is 43.7 Å². The maximum Gasteiger partial charge on any atom is 0.193 e. The van der Waals surface area contributed by atoms with Gasteiger partial charge >= 0.3 is 0 Å². The largest absolute Gasteiger partial charge is 0.377 e. The van der Waals surface area contributed by atoms with Gasteiger partial charge in [-0.2, -0.15) is 0 Å². The highest BCUT2D eigenvalue weighted by molar-refractivity contribution is 7.16. The van der Waals surface area contributed by atoms with Crippen molar-refractivity contribution in [2.75, 3.05) is 20.7 Å². The van der Waals surface area contributed by atoms with E-state index in [1.807, 2.05) is 13.1 Å². The Morgan fingerprint density at radius 2 is 2.32 bits per heavy atom. The SMILES string of the molecule is CN=C(NC1C2CCOC2C1(C)C)N(C)Cc1ccc(Cl)s1. The van der Waals surface area contributed by atoms with E-state index in [9.17, 15) is 0 Å². The van der Waals surface area contributed by atoms with E-state index >= 15 is 0 Å². The summed E-state index contributed by atoms with van der Waals surface area (Å²) in [5, 5.41) is 3.66. The molecular weight excluding hydrogens is 318 g/mol. The van der Waals surface area contributed by atoms with Gasteiger partial charge in [-0.15, -0.1) is 11.3 Å². The van der Waals surface area contributed by atoms with E-state index in [0.717, 1.165) is 29.9 Å². The van der Waals surface area contributed by atoms with Crippen LogP contribution in [0.4, 0.5) is 0 Å². The first-order valence-electron chi connectivity index (χ1n) is 7.73. The number of guanidine groups is 1. The van der Waals surface area contributed by atoms with Crippen molar-refractivity contribution >= 4 is 28.9 Å². The first-order chi connectivity index (χ1) is 10.4. The summed E-state index contributed by atoms with van der Waals surface area (Å²) in [7, 11) is 3.91. The van der Waals surface area contributed by atoms with Gasteiger partial charge in [-0.1, -0.05) is 25.4 Å². The van der Waals surface area contributed by atoms with Crippen molar-refractivity contribution in [2.24, 2.45) is 16.3 Å². The Hall–Kier alpha value is -0.780. The van der Waals surface area contributed by atoms with Crippen LogP contribution in [0.5, 0.6) is 0 Å². The van der Waals surface area contributed by atoms with E-state index in [-0.39, 0.29) is 5.41 Å². The Morgan fingerprint density at radius 3 is 2.95 bits per heavy atom. The zero-order valence-electron chi connectivity index (χ0n) is 13.6. The number of aliphatic imine (C=N–C) groups is 1. The van der Waals surface area contributed by atoms with Crippen molar-refractivity contribution in [1.29, 1.82) is 0 Å². The molecule has 1 N–H and O–H groups in total. The lowest BCUT2D eigenvalue weighted by Crippen LogP contribution is -2.67. The molecule has 2 aliphatic rings. The molecule has 3 unspecified atom stereocenters. The fourth-order valence-electron chi connectivity index (χ4n) is 3.85. The Labute approximate surface area is 141 Å². The van der Waals surface area contributed by atoms with Crippen LogP contribution < -0.4 is 5.32 Å². The summed E-state index contributed by atoms with van der Waals surface area (Å²) in [6, 6.07) is 4.44. The number of fused-ring (bicyclic) bond motifs is 1. The lowest BCUT2D eigenvalue weighted by Gasteiger charge is -2.55. The molecule has 1 aliphatic heterocycles. The molecule has 0 aromatic carbocycles. The number of rotatable bonds is 3. The highest BCUT2D eigenvalue weighted by atomic mass is 35.5. The van der Waals surface area contributed by atoms with Crippen LogP contribution >= 0.6 is 22.9 Å². The van der Waals surface area contributed by atoms with Gasteiger partial charge in [-0.05, 0) is 18.6 Å². The molecule has 1 aromatic heterocycles. The number of nitrogens with one attached hydrogen (secondary N) is 1. The fourth-order valence-corrected chi connectivity index (χ4v) is 4.99. The van der Waals surface area contributed by atoms with E-state index in [2.05, 4.69) is 42.2 Å². The molecule has 2 heterocycles. The average molecular weight is 342 g/mol. The summed E-state index contributed by atoms with van der Waals surface area (Å²) in [4.78, 5) is 7.85. The van der Waals surface area contributed by atoms with E-state index < -0.39 is 0 Å². The molecule has 0 radical (unpaired) electrons. The first-order valence-corrected chi connectivity index (χ1v) is 8.93. The lowest BCUT2D eigenvalue weighted by molar-refractivity contribution is -0.107. The van der Waals surface area contributed by atoms with Crippen LogP contribution in [0.15, 0.2) is 17.1 Å². The van der Waals surface area contributed by atoms with Crippen molar-refractivity contribution < 1.29 is 4.74 Å². The van der Waals surface area contributed by atoms with Crippen LogP contribution in [0.2, 0.25) is 4.34 Å². The molecule has 122 valence electrons. The molecule has 22 heavy (non-hydrogen) atoms. The third-order valence-corrected chi connectivity index (χ3v) is 6.20. The van der Waals surface area contributed by atoms with E-state index in [4.69, 9.17) is 16.3 Å².